The Bertz CT molecular complexity index is 289. The van der Waals surface area contributed by atoms with Crippen molar-refractivity contribution in [1.82, 2.24) is 5.01 Å². The lowest BCUT2D eigenvalue weighted by Crippen LogP contribution is -2.38. The third-order valence-electron chi connectivity index (χ3n) is 2.87. The molecule has 0 saturated carbocycles. The Morgan fingerprint density at radius 3 is 2.29 bits per heavy atom. The molecule has 2 nitrogen and oxygen atoms in total. The van der Waals surface area contributed by atoms with Gasteiger partial charge in [-0.25, -0.2) is 9.40 Å². The molecule has 0 spiro atoms. The molecule has 1 aromatic rings. The Morgan fingerprint density at radius 2 is 1.71 bits per heavy atom. The van der Waals surface area contributed by atoms with Gasteiger partial charge in [0.05, 0.1) is 0 Å². The van der Waals surface area contributed by atoms with Crippen LogP contribution in [0.25, 0.3) is 0 Å². The van der Waals surface area contributed by atoms with E-state index >= 15 is 0 Å². The van der Waals surface area contributed by atoms with Gasteiger partial charge in [0.1, 0.15) is 5.82 Å². The van der Waals surface area contributed by atoms with Crippen LogP contribution in [-0.4, -0.2) is 18.1 Å². The van der Waals surface area contributed by atoms with Crippen LogP contribution < -0.4 is 5.84 Å². The van der Waals surface area contributed by atoms with E-state index in [9.17, 15) is 4.39 Å². The Hall–Kier alpha value is -0.930. The number of rotatable bonds is 1. The van der Waals surface area contributed by atoms with Gasteiger partial charge >= 0.3 is 0 Å². The molecule has 2 N–H and O–H groups in total. The minimum Gasteiger partial charge on any atom is -0.269 e. The third-order valence-corrected chi connectivity index (χ3v) is 2.87. The van der Waals surface area contributed by atoms with E-state index in [1.807, 2.05) is 17.1 Å². The summed E-state index contributed by atoms with van der Waals surface area (Å²) in [6.45, 7) is 1.87. The molecule has 1 saturated heterocycles. The molecule has 1 aromatic carbocycles. The van der Waals surface area contributed by atoms with Gasteiger partial charge in [-0.05, 0) is 36.5 Å². The number of piperidine rings is 1. The monoisotopic (exact) mass is 194 g/mol. The van der Waals surface area contributed by atoms with Crippen molar-refractivity contribution in [2.45, 2.75) is 18.8 Å². The maximum Gasteiger partial charge on any atom is 0.123 e. The first-order valence-corrected chi connectivity index (χ1v) is 5.01. The van der Waals surface area contributed by atoms with Crippen LogP contribution in [0, 0.1) is 5.82 Å². The quantitative estimate of drug-likeness (QED) is 0.692. The first-order chi connectivity index (χ1) is 6.75. The van der Waals surface area contributed by atoms with E-state index in [0.29, 0.717) is 5.92 Å². The smallest absolute Gasteiger partial charge is 0.123 e. The molecular weight excluding hydrogens is 179 g/mol. The van der Waals surface area contributed by atoms with Gasteiger partial charge in [-0.2, -0.15) is 0 Å². The number of nitrogens with two attached hydrogens (primary N) is 1. The van der Waals surface area contributed by atoms with Gasteiger partial charge < -0.3 is 0 Å². The standard InChI is InChI=1S/C11H15FN2/c12-11-3-1-9(2-4-11)10-5-7-14(13)8-6-10/h1-4,10H,5-8,13H2. The summed E-state index contributed by atoms with van der Waals surface area (Å²) in [4.78, 5) is 0. The molecule has 0 atom stereocenters. The van der Waals surface area contributed by atoms with Gasteiger partial charge in [-0.1, -0.05) is 12.1 Å². The second-order valence-electron chi connectivity index (χ2n) is 3.86. The summed E-state index contributed by atoms with van der Waals surface area (Å²) in [6, 6.07) is 6.83. The number of nitrogens with zero attached hydrogens (tertiary/aromatic N) is 1. The predicted octanol–water partition coefficient (Wildman–Crippen LogP) is 1.88. The maximum absolute atomic E-state index is 12.7. The molecule has 0 unspecified atom stereocenters. The molecule has 0 aromatic heterocycles. The van der Waals surface area contributed by atoms with E-state index < -0.39 is 0 Å². The highest BCUT2D eigenvalue weighted by Gasteiger charge is 2.18. The molecule has 1 heterocycles. The molecule has 2 rings (SSSR count). The van der Waals surface area contributed by atoms with Crippen LogP contribution in [0.2, 0.25) is 0 Å². The van der Waals surface area contributed by atoms with Crippen LogP contribution >= 0.6 is 0 Å². The van der Waals surface area contributed by atoms with Crippen molar-refractivity contribution < 1.29 is 4.39 Å². The van der Waals surface area contributed by atoms with Gasteiger partial charge in [-0.3, -0.25) is 5.84 Å². The van der Waals surface area contributed by atoms with Gasteiger partial charge in [0.2, 0.25) is 0 Å². The summed E-state index contributed by atoms with van der Waals surface area (Å²) < 4.78 is 12.7. The number of halogens is 1. The van der Waals surface area contributed by atoms with E-state index in [2.05, 4.69) is 0 Å². The Kier molecular flexibility index (Phi) is 2.79. The fourth-order valence-corrected chi connectivity index (χ4v) is 1.97. The summed E-state index contributed by atoms with van der Waals surface area (Å²) in [7, 11) is 0. The molecule has 0 aliphatic carbocycles. The molecule has 0 radical (unpaired) electrons. The summed E-state index contributed by atoms with van der Waals surface area (Å²) in [6.07, 6.45) is 2.14. The average molecular weight is 194 g/mol. The van der Waals surface area contributed by atoms with Crippen molar-refractivity contribution in [1.29, 1.82) is 0 Å². The summed E-state index contributed by atoms with van der Waals surface area (Å²) in [5.41, 5.74) is 1.24. The highest BCUT2D eigenvalue weighted by molar-refractivity contribution is 5.20. The van der Waals surface area contributed by atoms with Crippen LogP contribution in [0.5, 0.6) is 0 Å². The first-order valence-electron chi connectivity index (χ1n) is 5.01. The molecule has 1 aliphatic heterocycles. The van der Waals surface area contributed by atoms with E-state index in [1.54, 1.807) is 0 Å². The van der Waals surface area contributed by atoms with Crippen LogP contribution in [0.1, 0.15) is 24.3 Å². The van der Waals surface area contributed by atoms with Gasteiger partial charge in [-0.15, -0.1) is 0 Å². The van der Waals surface area contributed by atoms with Crippen molar-refractivity contribution in [3.8, 4) is 0 Å². The highest BCUT2D eigenvalue weighted by Crippen LogP contribution is 2.26. The predicted molar refractivity (Wildman–Crippen MR) is 54.1 cm³/mol. The first kappa shape index (κ1) is 9.62. The van der Waals surface area contributed by atoms with Crippen molar-refractivity contribution in [3.05, 3.63) is 35.6 Å². The Balaban J connectivity index is 2.05. The second kappa shape index (κ2) is 4.07. The summed E-state index contributed by atoms with van der Waals surface area (Å²) in [5.74, 6) is 6.06. The molecule has 0 amide bonds. The van der Waals surface area contributed by atoms with Crippen molar-refractivity contribution in [2.75, 3.05) is 13.1 Å². The molecule has 1 aliphatic rings. The fourth-order valence-electron chi connectivity index (χ4n) is 1.97. The van der Waals surface area contributed by atoms with Crippen LogP contribution in [0.3, 0.4) is 0 Å². The zero-order chi connectivity index (χ0) is 9.97. The Morgan fingerprint density at radius 1 is 1.14 bits per heavy atom. The van der Waals surface area contributed by atoms with E-state index in [1.165, 1.54) is 17.7 Å². The SMILES string of the molecule is NN1CCC(c2ccc(F)cc2)CC1. The van der Waals surface area contributed by atoms with Crippen molar-refractivity contribution in [3.63, 3.8) is 0 Å². The Labute approximate surface area is 83.5 Å². The lowest BCUT2D eigenvalue weighted by molar-refractivity contribution is 0.217. The fraction of sp³-hybridized carbons (Fsp3) is 0.455. The lowest BCUT2D eigenvalue weighted by atomic mass is 9.90. The molecule has 76 valence electrons. The molecule has 1 fully saturated rings. The summed E-state index contributed by atoms with van der Waals surface area (Å²) >= 11 is 0. The largest absolute Gasteiger partial charge is 0.269 e. The normalized spacial score (nSPS) is 19.9. The molecule has 0 bridgehead atoms. The van der Waals surface area contributed by atoms with Gasteiger partial charge in [0, 0.05) is 13.1 Å². The van der Waals surface area contributed by atoms with E-state index in [0.717, 1.165) is 25.9 Å². The van der Waals surface area contributed by atoms with Crippen molar-refractivity contribution in [2.24, 2.45) is 5.84 Å². The van der Waals surface area contributed by atoms with Crippen molar-refractivity contribution >= 4 is 0 Å². The average Bonchev–Trinajstić information content (AvgIpc) is 2.21. The third kappa shape index (κ3) is 2.11. The highest BCUT2D eigenvalue weighted by atomic mass is 19.1. The number of hydrogen-bond acceptors (Lipinski definition) is 2. The van der Waals surface area contributed by atoms with Gasteiger partial charge in [0.15, 0.2) is 0 Å². The van der Waals surface area contributed by atoms with E-state index in [4.69, 9.17) is 5.84 Å². The minimum absolute atomic E-state index is 0.162. The molecule has 3 heteroatoms. The second-order valence-corrected chi connectivity index (χ2v) is 3.86. The van der Waals surface area contributed by atoms with Crippen LogP contribution in [-0.2, 0) is 0 Å². The molecular formula is C11H15FN2. The van der Waals surface area contributed by atoms with E-state index in [-0.39, 0.29) is 5.82 Å². The van der Waals surface area contributed by atoms with Crippen LogP contribution in [0.15, 0.2) is 24.3 Å². The molecule has 14 heavy (non-hydrogen) atoms. The number of benzene rings is 1. The van der Waals surface area contributed by atoms with Crippen LogP contribution in [0.4, 0.5) is 4.39 Å². The zero-order valence-electron chi connectivity index (χ0n) is 8.12. The number of hydrazine groups is 1. The lowest BCUT2D eigenvalue weighted by Gasteiger charge is -2.28. The topological polar surface area (TPSA) is 29.3 Å². The number of hydrogen-bond donors (Lipinski definition) is 1. The zero-order valence-corrected chi connectivity index (χ0v) is 8.12. The maximum atomic E-state index is 12.7. The summed E-state index contributed by atoms with van der Waals surface area (Å²) in [5, 5.41) is 1.85. The minimum atomic E-state index is -0.162. The van der Waals surface area contributed by atoms with Gasteiger partial charge in [0.25, 0.3) is 0 Å².